The number of hydrogen-bond acceptors (Lipinski definition) is 3. The van der Waals surface area contributed by atoms with E-state index in [1.807, 2.05) is 11.3 Å². The highest BCUT2D eigenvalue weighted by molar-refractivity contribution is 9.10. The van der Waals surface area contributed by atoms with Crippen LogP contribution >= 0.6 is 27.3 Å². The summed E-state index contributed by atoms with van der Waals surface area (Å²) in [4.78, 5) is 1.41. The Balaban J connectivity index is 1.99. The maximum absolute atomic E-state index is 5.75. The van der Waals surface area contributed by atoms with Gasteiger partial charge < -0.3 is 10.1 Å². The fourth-order valence-corrected chi connectivity index (χ4v) is 3.99. The Morgan fingerprint density at radius 1 is 1.65 bits per heavy atom. The minimum Gasteiger partial charge on any atom is -0.378 e. The molecular weight excluding hydrogens is 298 g/mol. The van der Waals surface area contributed by atoms with Crippen LogP contribution in [0.3, 0.4) is 0 Å². The zero-order valence-electron chi connectivity index (χ0n) is 10.2. The van der Waals surface area contributed by atoms with Crippen molar-refractivity contribution in [3.63, 3.8) is 0 Å². The van der Waals surface area contributed by atoms with E-state index in [4.69, 9.17) is 4.74 Å². The van der Waals surface area contributed by atoms with Crippen molar-refractivity contribution in [1.29, 1.82) is 0 Å². The fourth-order valence-electron chi connectivity index (χ4n) is 2.25. The average molecular weight is 318 g/mol. The van der Waals surface area contributed by atoms with Gasteiger partial charge in [-0.05, 0) is 59.6 Å². The van der Waals surface area contributed by atoms with E-state index in [1.54, 1.807) is 0 Å². The maximum Gasteiger partial charge on any atom is 0.0594 e. The Bertz CT molecular complexity index is 336. The van der Waals surface area contributed by atoms with Crippen molar-refractivity contribution in [2.24, 2.45) is 0 Å². The van der Waals surface area contributed by atoms with E-state index in [-0.39, 0.29) is 0 Å². The van der Waals surface area contributed by atoms with Crippen LogP contribution in [-0.4, -0.2) is 19.3 Å². The summed E-state index contributed by atoms with van der Waals surface area (Å²) in [5.74, 6) is 0. The molecule has 2 atom stereocenters. The normalized spacial score (nSPS) is 21.9. The molecule has 0 radical (unpaired) electrons. The van der Waals surface area contributed by atoms with Crippen LogP contribution in [0.15, 0.2) is 15.9 Å². The largest absolute Gasteiger partial charge is 0.378 e. The van der Waals surface area contributed by atoms with E-state index >= 15 is 0 Å². The third-order valence-electron chi connectivity index (χ3n) is 3.12. The van der Waals surface area contributed by atoms with E-state index in [0.29, 0.717) is 12.1 Å². The van der Waals surface area contributed by atoms with Crippen molar-refractivity contribution in [3.8, 4) is 0 Å². The van der Waals surface area contributed by atoms with Gasteiger partial charge in [0, 0.05) is 22.0 Å². The predicted octanol–water partition coefficient (Wildman–Crippen LogP) is 4.12. The molecular formula is C13H20BrNOS. The van der Waals surface area contributed by atoms with Crippen LogP contribution in [-0.2, 0) is 4.74 Å². The summed E-state index contributed by atoms with van der Waals surface area (Å²) >= 11 is 5.46. The van der Waals surface area contributed by atoms with Gasteiger partial charge in [-0.1, -0.05) is 6.92 Å². The van der Waals surface area contributed by atoms with E-state index < -0.39 is 0 Å². The molecule has 2 heterocycles. The van der Waals surface area contributed by atoms with Gasteiger partial charge in [0.25, 0.3) is 0 Å². The van der Waals surface area contributed by atoms with Gasteiger partial charge in [0.2, 0.25) is 0 Å². The molecule has 1 saturated heterocycles. The summed E-state index contributed by atoms with van der Waals surface area (Å²) in [6.07, 6.45) is 5.15. The van der Waals surface area contributed by atoms with Crippen LogP contribution in [0.25, 0.3) is 0 Å². The van der Waals surface area contributed by atoms with Crippen molar-refractivity contribution >= 4 is 27.3 Å². The molecule has 2 unspecified atom stereocenters. The van der Waals surface area contributed by atoms with Crippen LogP contribution in [0.5, 0.6) is 0 Å². The minimum atomic E-state index is 0.437. The molecule has 4 heteroatoms. The summed E-state index contributed by atoms with van der Waals surface area (Å²) < 4.78 is 6.98. The topological polar surface area (TPSA) is 21.3 Å². The molecule has 96 valence electrons. The van der Waals surface area contributed by atoms with Crippen LogP contribution < -0.4 is 5.32 Å². The first-order valence-corrected chi connectivity index (χ1v) is 8.06. The minimum absolute atomic E-state index is 0.437. The first-order chi connectivity index (χ1) is 8.31. The summed E-state index contributed by atoms with van der Waals surface area (Å²) in [5, 5.41) is 5.79. The Kier molecular flexibility index (Phi) is 5.48. The molecule has 0 aliphatic carbocycles. The summed E-state index contributed by atoms with van der Waals surface area (Å²) in [6, 6.07) is 2.57. The summed E-state index contributed by atoms with van der Waals surface area (Å²) in [6.45, 7) is 4.22. The van der Waals surface area contributed by atoms with E-state index in [9.17, 15) is 0 Å². The Morgan fingerprint density at radius 3 is 3.12 bits per heavy atom. The highest BCUT2D eigenvalue weighted by Crippen LogP contribution is 2.33. The fraction of sp³-hybridized carbons (Fsp3) is 0.692. The van der Waals surface area contributed by atoms with Gasteiger partial charge in [0.15, 0.2) is 0 Å². The van der Waals surface area contributed by atoms with Gasteiger partial charge in [0.1, 0.15) is 0 Å². The predicted molar refractivity (Wildman–Crippen MR) is 76.6 cm³/mol. The third-order valence-corrected chi connectivity index (χ3v) is 5.11. The van der Waals surface area contributed by atoms with Gasteiger partial charge >= 0.3 is 0 Å². The van der Waals surface area contributed by atoms with Crippen LogP contribution in [0.2, 0.25) is 0 Å². The average Bonchev–Trinajstić information content (AvgIpc) is 2.95. The number of nitrogens with one attached hydrogen (secondary N) is 1. The molecule has 0 saturated carbocycles. The SMILES string of the molecule is CCCNC(CC1CCCO1)c1sccc1Br. The highest BCUT2D eigenvalue weighted by atomic mass is 79.9. The molecule has 0 spiro atoms. The Morgan fingerprint density at radius 2 is 2.53 bits per heavy atom. The molecule has 2 rings (SSSR count). The lowest BCUT2D eigenvalue weighted by Gasteiger charge is -2.21. The molecule has 1 aromatic rings. The lowest BCUT2D eigenvalue weighted by Crippen LogP contribution is -2.25. The smallest absolute Gasteiger partial charge is 0.0594 e. The van der Waals surface area contributed by atoms with Crippen molar-refractivity contribution in [2.45, 2.75) is 44.8 Å². The standard InChI is InChI=1S/C13H20BrNOS/c1-2-6-15-12(9-10-4-3-7-16-10)13-11(14)5-8-17-13/h5,8,10,12,15H,2-4,6-7,9H2,1H3. The second-order valence-electron chi connectivity index (χ2n) is 4.51. The quantitative estimate of drug-likeness (QED) is 0.852. The van der Waals surface area contributed by atoms with Gasteiger partial charge in [-0.2, -0.15) is 0 Å². The molecule has 1 aromatic heterocycles. The van der Waals surface area contributed by atoms with Crippen molar-refractivity contribution < 1.29 is 4.74 Å². The molecule has 0 bridgehead atoms. The van der Waals surface area contributed by atoms with Crippen molar-refractivity contribution in [1.82, 2.24) is 5.32 Å². The van der Waals surface area contributed by atoms with Gasteiger partial charge in [-0.3, -0.25) is 0 Å². The number of halogens is 1. The monoisotopic (exact) mass is 317 g/mol. The Labute approximate surface area is 116 Å². The molecule has 0 amide bonds. The third kappa shape index (κ3) is 3.78. The van der Waals surface area contributed by atoms with E-state index in [0.717, 1.165) is 19.6 Å². The van der Waals surface area contributed by atoms with Gasteiger partial charge in [-0.25, -0.2) is 0 Å². The molecule has 1 aliphatic rings. The molecule has 17 heavy (non-hydrogen) atoms. The zero-order chi connectivity index (χ0) is 12.1. The number of ether oxygens (including phenoxy) is 1. The van der Waals surface area contributed by atoms with E-state index in [1.165, 1.54) is 28.6 Å². The first-order valence-electron chi connectivity index (χ1n) is 6.39. The second kappa shape index (κ2) is 6.88. The zero-order valence-corrected chi connectivity index (χ0v) is 12.6. The van der Waals surface area contributed by atoms with Crippen LogP contribution in [0.4, 0.5) is 0 Å². The van der Waals surface area contributed by atoms with Crippen LogP contribution in [0, 0.1) is 0 Å². The second-order valence-corrected chi connectivity index (χ2v) is 6.31. The molecule has 1 N–H and O–H groups in total. The number of thiophene rings is 1. The summed E-state index contributed by atoms with van der Waals surface area (Å²) in [7, 11) is 0. The maximum atomic E-state index is 5.75. The van der Waals surface area contributed by atoms with Gasteiger partial charge in [-0.15, -0.1) is 11.3 Å². The molecule has 1 aliphatic heterocycles. The summed E-state index contributed by atoms with van der Waals surface area (Å²) in [5.41, 5.74) is 0. The lowest BCUT2D eigenvalue weighted by molar-refractivity contribution is 0.0948. The number of hydrogen-bond donors (Lipinski definition) is 1. The van der Waals surface area contributed by atoms with Gasteiger partial charge in [0.05, 0.1) is 6.10 Å². The Hall–Kier alpha value is 0.100. The lowest BCUT2D eigenvalue weighted by atomic mass is 10.1. The van der Waals surface area contributed by atoms with Crippen molar-refractivity contribution in [2.75, 3.05) is 13.2 Å². The molecule has 1 fully saturated rings. The van der Waals surface area contributed by atoms with E-state index in [2.05, 4.69) is 39.6 Å². The number of rotatable bonds is 6. The van der Waals surface area contributed by atoms with Crippen molar-refractivity contribution in [3.05, 3.63) is 20.8 Å². The molecule has 0 aromatic carbocycles. The van der Waals surface area contributed by atoms with Crippen LogP contribution in [0.1, 0.15) is 43.5 Å². The highest BCUT2D eigenvalue weighted by Gasteiger charge is 2.23. The molecule has 2 nitrogen and oxygen atoms in total. The first kappa shape index (κ1) is 13.5.